The first-order valence-electron chi connectivity index (χ1n) is 9.83. The molecule has 1 aromatic rings. The lowest BCUT2D eigenvalue weighted by atomic mass is 9.77. The number of benzene rings is 1. The molecule has 2 heteroatoms. The predicted octanol–water partition coefficient (Wildman–Crippen LogP) is 7.07. The molecule has 3 rings (SSSR count). The molecule has 0 aliphatic heterocycles. The van der Waals surface area contributed by atoms with Crippen LogP contribution < -0.4 is 0 Å². The second-order valence-corrected chi connectivity index (χ2v) is 7.84. The minimum absolute atomic E-state index is 0.717. The van der Waals surface area contributed by atoms with Crippen molar-refractivity contribution in [1.82, 2.24) is 0 Å². The maximum absolute atomic E-state index is 13.4. The Morgan fingerprint density at radius 2 is 1.58 bits per heavy atom. The summed E-state index contributed by atoms with van der Waals surface area (Å²) < 4.78 is 26.7. The van der Waals surface area contributed by atoms with Crippen molar-refractivity contribution in [1.29, 1.82) is 0 Å². The van der Waals surface area contributed by atoms with Gasteiger partial charge in [0.25, 0.3) is 0 Å². The monoisotopic (exact) mass is 332 g/mol. The summed E-state index contributed by atoms with van der Waals surface area (Å²) in [5, 5.41) is 0. The van der Waals surface area contributed by atoms with Crippen molar-refractivity contribution in [2.75, 3.05) is 0 Å². The Labute approximate surface area is 145 Å². The van der Waals surface area contributed by atoms with Crippen LogP contribution in [-0.4, -0.2) is 0 Å². The molecule has 1 fully saturated rings. The molecule has 0 amide bonds. The lowest BCUT2D eigenvalue weighted by Crippen LogP contribution is -2.15. The number of unbranched alkanes of at least 4 members (excludes halogenated alkanes) is 1. The molecule has 0 atom stereocenters. The Balaban J connectivity index is 1.49. The van der Waals surface area contributed by atoms with Crippen LogP contribution in [0.25, 0.3) is 6.08 Å². The number of halogens is 2. The van der Waals surface area contributed by atoms with Gasteiger partial charge in [-0.3, -0.25) is 0 Å². The zero-order chi connectivity index (χ0) is 16.9. The van der Waals surface area contributed by atoms with Gasteiger partial charge in [0.2, 0.25) is 0 Å². The number of aryl methyl sites for hydroxylation is 1. The maximum Gasteiger partial charge on any atom is 0.159 e. The molecular weight excluding hydrogens is 302 g/mol. The fourth-order valence-electron chi connectivity index (χ4n) is 4.43. The van der Waals surface area contributed by atoms with Gasteiger partial charge in [-0.25, -0.2) is 8.78 Å². The molecule has 1 aromatic carbocycles. The van der Waals surface area contributed by atoms with Gasteiger partial charge in [-0.1, -0.05) is 63.5 Å². The third-order valence-corrected chi connectivity index (χ3v) is 6.06. The molecule has 132 valence electrons. The van der Waals surface area contributed by atoms with E-state index in [2.05, 4.69) is 13.0 Å². The fraction of sp³-hybridized carbons (Fsp3) is 0.636. The van der Waals surface area contributed by atoms with Crippen molar-refractivity contribution in [3.63, 3.8) is 0 Å². The van der Waals surface area contributed by atoms with Crippen molar-refractivity contribution in [3.8, 4) is 0 Å². The number of fused-ring (bicyclic) bond motifs is 1. The van der Waals surface area contributed by atoms with Gasteiger partial charge in [-0.15, -0.1) is 0 Å². The molecule has 0 heterocycles. The fourth-order valence-corrected chi connectivity index (χ4v) is 4.43. The Morgan fingerprint density at radius 3 is 2.29 bits per heavy atom. The van der Waals surface area contributed by atoms with Crippen LogP contribution in [0, 0.1) is 23.5 Å². The summed E-state index contributed by atoms with van der Waals surface area (Å²) in [7, 11) is 0. The molecule has 1 saturated carbocycles. The van der Waals surface area contributed by atoms with E-state index in [1.165, 1.54) is 69.1 Å². The normalized spacial score (nSPS) is 23.7. The van der Waals surface area contributed by atoms with Gasteiger partial charge in [0.05, 0.1) is 0 Å². The van der Waals surface area contributed by atoms with E-state index in [0.717, 1.165) is 42.2 Å². The maximum atomic E-state index is 13.4. The zero-order valence-corrected chi connectivity index (χ0v) is 14.9. The summed E-state index contributed by atoms with van der Waals surface area (Å²) in [4.78, 5) is 0. The minimum atomic E-state index is -0.725. The largest absolute Gasteiger partial charge is 0.204 e. The molecule has 24 heavy (non-hydrogen) atoms. The number of rotatable bonds is 6. The van der Waals surface area contributed by atoms with Gasteiger partial charge in [-0.2, -0.15) is 0 Å². The van der Waals surface area contributed by atoms with E-state index in [1.807, 2.05) is 0 Å². The Hall–Kier alpha value is -1.18. The molecule has 2 aliphatic rings. The van der Waals surface area contributed by atoms with Gasteiger partial charge in [-0.05, 0) is 60.8 Å². The molecule has 2 aliphatic carbocycles. The van der Waals surface area contributed by atoms with Crippen LogP contribution in [-0.2, 0) is 6.42 Å². The highest BCUT2D eigenvalue weighted by molar-refractivity contribution is 5.59. The summed E-state index contributed by atoms with van der Waals surface area (Å²) in [6.07, 6.45) is 16.1. The van der Waals surface area contributed by atoms with Crippen molar-refractivity contribution < 1.29 is 8.78 Å². The quantitative estimate of drug-likeness (QED) is 0.522. The molecule has 0 nitrogen and oxygen atoms in total. The van der Waals surface area contributed by atoms with Crippen molar-refractivity contribution in [2.45, 2.75) is 77.6 Å². The van der Waals surface area contributed by atoms with Crippen LogP contribution in [0.4, 0.5) is 8.78 Å². The van der Waals surface area contributed by atoms with Crippen LogP contribution in [0.3, 0.4) is 0 Å². The summed E-state index contributed by atoms with van der Waals surface area (Å²) in [6.45, 7) is 2.28. The SMILES string of the molecule is CCCCC1CCC(CCC2=Cc3cc(F)c(F)cc3CC2)CC1. The smallest absolute Gasteiger partial charge is 0.159 e. The second kappa shape index (κ2) is 8.27. The van der Waals surface area contributed by atoms with E-state index >= 15 is 0 Å². The Bertz CT molecular complexity index is 580. The minimum Gasteiger partial charge on any atom is -0.204 e. The van der Waals surface area contributed by atoms with Gasteiger partial charge >= 0.3 is 0 Å². The summed E-state index contributed by atoms with van der Waals surface area (Å²) in [5.41, 5.74) is 3.26. The van der Waals surface area contributed by atoms with Crippen molar-refractivity contribution in [2.24, 2.45) is 11.8 Å². The average Bonchev–Trinajstić information content (AvgIpc) is 2.60. The molecular formula is C22H30F2. The van der Waals surface area contributed by atoms with Gasteiger partial charge in [0, 0.05) is 0 Å². The molecule has 0 aromatic heterocycles. The van der Waals surface area contributed by atoms with E-state index in [-0.39, 0.29) is 0 Å². The van der Waals surface area contributed by atoms with Crippen LogP contribution >= 0.6 is 0 Å². The van der Waals surface area contributed by atoms with Crippen LogP contribution in [0.15, 0.2) is 17.7 Å². The zero-order valence-electron chi connectivity index (χ0n) is 14.9. The lowest BCUT2D eigenvalue weighted by Gasteiger charge is -2.29. The van der Waals surface area contributed by atoms with Gasteiger partial charge in [0.15, 0.2) is 11.6 Å². The van der Waals surface area contributed by atoms with Gasteiger partial charge < -0.3 is 0 Å². The highest BCUT2D eigenvalue weighted by Gasteiger charge is 2.21. The highest BCUT2D eigenvalue weighted by atomic mass is 19.2. The van der Waals surface area contributed by atoms with Crippen molar-refractivity contribution >= 4 is 6.08 Å². The molecule has 0 radical (unpaired) electrons. The van der Waals surface area contributed by atoms with E-state index in [1.54, 1.807) is 0 Å². The first-order valence-corrected chi connectivity index (χ1v) is 9.83. The third kappa shape index (κ3) is 4.46. The molecule has 0 unspecified atom stereocenters. The first kappa shape index (κ1) is 17.6. The van der Waals surface area contributed by atoms with Crippen LogP contribution in [0.1, 0.15) is 82.3 Å². The summed E-state index contributed by atoms with van der Waals surface area (Å²) in [6, 6.07) is 2.73. The van der Waals surface area contributed by atoms with Crippen molar-refractivity contribution in [3.05, 3.63) is 40.5 Å². The third-order valence-electron chi connectivity index (χ3n) is 6.06. The standard InChI is InChI=1S/C22H30F2/c1-2-3-4-16-5-7-17(8-6-16)9-10-18-11-12-19-14-21(23)22(24)15-20(19)13-18/h13-17H,2-12H2,1H3. The lowest BCUT2D eigenvalue weighted by molar-refractivity contribution is 0.249. The highest BCUT2D eigenvalue weighted by Crippen LogP contribution is 2.36. The Morgan fingerprint density at radius 1 is 0.917 bits per heavy atom. The second-order valence-electron chi connectivity index (χ2n) is 7.84. The first-order chi connectivity index (χ1) is 11.7. The van der Waals surface area contributed by atoms with Gasteiger partial charge in [0.1, 0.15) is 0 Å². The predicted molar refractivity (Wildman–Crippen MR) is 96.9 cm³/mol. The van der Waals surface area contributed by atoms with E-state index in [0.29, 0.717) is 0 Å². The average molecular weight is 332 g/mol. The van der Waals surface area contributed by atoms with Crippen LogP contribution in [0.5, 0.6) is 0 Å². The Kier molecular flexibility index (Phi) is 6.08. The van der Waals surface area contributed by atoms with E-state index in [4.69, 9.17) is 0 Å². The number of hydrogen-bond acceptors (Lipinski definition) is 0. The van der Waals surface area contributed by atoms with E-state index < -0.39 is 11.6 Å². The summed E-state index contributed by atoms with van der Waals surface area (Å²) in [5.74, 6) is 0.400. The molecule has 0 spiro atoms. The van der Waals surface area contributed by atoms with Crippen LogP contribution in [0.2, 0.25) is 0 Å². The topological polar surface area (TPSA) is 0 Å². The number of hydrogen-bond donors (Lipinski definition) is 0. The summed E-state index contributed by atoms with van der Waals surface area (Å²) >= 11 is 0. The molecule has 0 bridgehead atoms. The molecule has 0 N–H and O–H groups in total. The van der Waals surface area contributed by atoms with E-state index in [9.17, 15) is 8.78 Å². The molecule has 0 saturated heterocycles. The number of allylic oxidation sites excluding steroid dienone is 1.